The van der Waals surface area contributed by atoms with Crippen molar-refractivity contribution in [3.8, 4) is 0 Å². The summed E-state index contributed by atoms with van der Waals surface area (Å²) in [5.74, 6) is 0.0573. The fraction of sp³-hybridized carbons (Fsp3) is 0.650. The van der Waals surface area contributed by atoms with Gasteiger partial charge in [0.1, 0.15) is 5.52 Å². The summed E-state index contributed by atoms with van der Waals surface area (Å²) in [4.78, 5) is 26.3. The second-order valence-electron chi connectivity index (χ2n) is 8.29. The van der Waals surface area contributed by atoms with E-state index in [1.165, 1.54) is 25.7 Å². The van der Waals surface area contributed by atoms with Crippen LogP contribution >= 0.6 is 0 Å². The summed E-state index contributed by atoms with van der Waals surface area (Å²) in [6.45, 7) is 3.10. The number of rotatable bonds is 3. The van der Waals surface area contributed by atoms with Crippen LogP contribution in [0.15, 0.2) is 18.6 Å². The molecule has 144 valence electrons. The molecule has 1 aliphatic carbocycles. The van der Waals surface area contributed by atoms with Gasteiger partial charge < -0.3 is 14.6 Å². The third-order valence-corrected chi connectivity index (χ3v) is 6.54. The second-order valence-corrected chi connectivity index (χ2v) is 8.29. The van der Waals surface area contributed by atoms with Crippen LogP contribution in [-0.2, 0) is 0 Å². The minimum atomic E-state index is -0.161. The van der Waals surface area contributed by atoms with Crippen molar-refractivity contribution in [3.63, 3.8) is 0 Å². The summed E-state index contributed by atoms with van der Waals surface area (Å²) in [5, 5.41) is 9.47. The molecule has 0 spiro atoms. The molecule has 0 bridgehead atoms. The molecule has 0 unspecified atom stereocenters. The van der Waals surface area contributed by atoms with Gasteiger partial charge in [0.25, 0.3) is 5.91 Å². The first-order chi connectivity index (χ1) is 13.2. The predicted octanol–water partition coefficient (Wildman–Crippen LogP) is 1.83. The van der Waals surface area contributed by atoms with Gasteiger partial charge in [0.2, 0.25) is 0 Å². The number of hydrogen-bond acceptors (Lipinski definition) is 5. The number of likely N-dealkylation sites (tertiary alicyclic amines) is 2. The highest BCUT2D eigenvalue weighted by atomic mass is 16.3. The largest absolute Gasteiger partial charge is 0.390 e. The van der Waals surface area contributed by atoms with E-state index >= 15 is 0 Å². The van der Waals surface area contributed by atoms with Gasteiger partial charge in [-0.05, 0) is 31.7 Å². The maximum Gasteiger partial charge on any atom is 0.255 e. The first-order valence-corrected chi connectivity index (χ1v) is 10.2. The lowest BCUT2D eigenvalue weighted by molar-refractivity contribution is -0.0381. The van der Waals surface area contributed by atoms with Crippen LogP contribution in [0.4, 0.5) is 0 Å². The Labute approximate surface area is 159 Å². The molecule has 4 heterocycles. The Morgan fingerprint density at radius 3 is 2.48 bits per heavy atom. The van der Waals surface area contributed by atoms with Crippen LogP contribution in [0, 0.1) is 0 Å². The molecule has 2 aromatic rings. The molecule has 1 amide bonds. The summed E-state index contributed by atoms with van der Waals surface area (Å²) < 4.78 is 2.18. The summed E-state index contributed by atoms with van der Waals surface area (Å²) in [5.41, 5.74) is 2.35. The van der Waals surface area contributed by atoms with Crippen molar-refractivity contribution in [2.75, 3.05) is 26.2 Å². The molecule has 0 radical (unpaired) electrons. The minimum Gasteiger partial charge on any atom is -0.390 e. The Kier molecular flexibility index (Phi) is 4.36. The van der Waals surface area contributed by atoms with E-state index in [0.29, 0.717) is 17.6 Å². The number of β-amino-alcohol motifs (C(OH)–C–C–N with tert-alkyl or cyclic N) is 1. The van der Waals surface area contributed by atoms with E-state index in [9.17, 15) is 9.90 Å². The molecule has 7 heteroatoms. The van der Waals surface area contributed by atoms with E-state index in [4.69, 9.17) is 0 Å². The number of pyridine rings is 1. The van der Waals surface area contributed by atoms with E-state index in [0.717, 1.165) is 50.2 Å². The van der Waals surface area contributed by atoms with Gasteiger partial charge in [-0.25, -0.2) is 9.97 Å². The lowest BCUT2D eigenvalue weighted by Crippen LogP contribution is -2.58. The zero-order valence-electron chi connectivity index (χ0n) is 15.6. The monoisotopic (exact) mass is 369 g/mol. The summed E-state index contributed by atoms with van der Waals surface area (Å²) >= 11 is 0. The van der Waals surface area contributed by atoms with Crippen molar-refractivity contribution in [2.24, 2.45) is 0 Å². The molecule has 2 saturated heterocycles. The normalized spacial score (nSPS) is 23.2. The molecule has 7 nitrogen and oxygen atoms in total. The SMILES string of the molecule is O=C(c1cnc2c(c1)ncn2C1CCCC1)N1CCC(N2CC(O)C2)CC1. The summed E-state index contributed by atoms with van der Waals surface area (Å²) in [7, 11) is 0. The first kappa shape index (κ1) is 17.1. The fourth-order valence-corrected chi connectivity index (χ4v) is 4.89. The number of nitrogens with zero attached hydrogens (tertiary/aromatic N) is 5. The Bertz CT molecular complexity index is 830. The third-order valence-electron chi connectivity index (χ3n) is 6.54. The highest BCUT2D eigenvalue weighted by molar-refractivity contribution is 5.96. The molecule has 1 N–H and O–H groups in total. The summed E-state index contributed by atoms with van der Waals surface area (Å²) in [6.07, 6.45) is 10.3. The van der Waals surface area contributed by atoms with Gasteiger partial charge in [-0.1, -0.05) is 12.8 Å². The number of imidazole rings is 1. The zero-order chi connectivity index (χ0) is 18.4. The lowest BCUT2D eigenvalue weighted by Gasteiger charge is -2.45. The van der Waals surface area contributed by atoms with Crippen LogP contribution in [0.3, 0.4) is 0 Å². The van der Waals surface area contributed by atoms with E-state index in [1.54, 1.807) is 6.20 Å². The highest BCUT2D eigenvalue weighted by Gasteiger charge is 2.34. The van der Waals surface area contributed by atoms with Crippen molar-refractivity contribution in [1.29, 1.82) is 0 Å². The molecule has 1 saturated carbocycles. The number of hydrogen-bond donors (Lipinski definition) is 1. The van der Waals surface area contributed by atoms with Crippen LogP contribution in [-0.4, -0.2) is 73.7 Å². The minimum absolute atomic E-state index is 0.0573. The number of amides is 1. The average molecular weight is 369 g/mol. The summed E-state index contributed by atoms with van der Waals surface area (Å²) in [6, 6.07) is 2.90. The van der Waals surface area contributed by atoms with Crippen molar-refractivity contribution >= 4 is 17.1 Å². The van der Waals surface area contributed by atoms with Gasteiger partial charge in [-0.15, -0.1) is 0 Å². The number of fused-ring (bicyclic) bond motifs is 1. The van der Waals surface area contributed by atoms with Gasteiger partial charge in [0.05, 0.1) is 18.0 Å². The topological polar surface area (TPSA) is 74.5 Å². The Hall–Kier alpha value is -1.99. The van der Waals surface area contributed by atoms with Crippen molar-refractivity contribution < 1.29 is 9.90 Å². The molecule has 0 aromatic carbocycles. The van der Waals surface area contributed by atoms with Crippen LogP contribution in [0.1, 0.15) is 54.9 Å². The molecular formula is C20H27N5O2. The molecule has 3 fully saturated rings. The molecule has 2 aliphatic heterocycles. The predicted molar refractivity (Wildman–Crippen MR) is 102 cm³/mol. The fourth-order valence-electron chi connectivity index (χ4n) is 4.89. The number of carbonyl (C=O) groups is 1. The van der Waals surface area contributed by atoms with Gasteiger partial charge in [-0.2, -0.15) is 0 Å². The quantitative estimate of drug-likeness (QED) is 0.893. The highest BCUT2D eigenvalue weighted by Crippen LogP contribution is 2.31. The van der Waals surface area contributed by atoms with E-state index in [-0.39, 0.29) is 12.0 Å². The third kappa shape index (κ3) is 3.12. The molecule has 2 aromatic heterocycles. The van der Waals surface area contributed by atoms with E-state index < -0.39 is 0 Å². The van der Waals surface area contributed by atoms with E-state index in [1.807, 2.05) is 17.3 Å². The van der Waals surface area contributed by atoms with Gasteiger partial charge in [0, 0.05) is 44.5 Å². The second kappa shape index (κ2) is 6.87. The molecular weight excluding hydrogens is 342 g/mol. The van der Waals surface area contributed by atoms with Crippen LogP contribution in [0.5, 0.6) is 0 Å². The van der Waals surface area contributed by atoms with Gasteiger partial charge in [0.15, 0.2) is 5.65 Å². The molecule has 5 rings (SSSR count). The van der Waals surface area contributed by atoms with Gasteiger partial charge >= 0.3 is 0 Å². The van der Waals surface area contributed by atoms with Crippen LogP contribution in [0.2, 0.25) is 0 Å². The van der Waals surface area contributed by atoms with Crippen molar-refractivity contribution in [3.05, 3.63) is 24.2 Å². The molecule has 27 heavy (non-hydrogen) atoms. The number of carbonyl (C=O) groups excluding carboxylic acids is 1. The smallest absolute Gasteiger partial charge is 0.255 e. The Morgan fingerprint density at radius 1 is 1.04 bits per heavy atom. The van der Waals surface area contributed by atoms with Gasteiger partial charge in [-0.3, -0.25) is 9.69 Å². The number of piperidine rings is 1. The standard InChI is InChI=1S/C20H27N5O2/c26-17-11-24(12-17)15-5-7-23(8-6-15)20(27)14-9-18-19(21-10-14)25(13-22-18)16-3-1-2-4-16/h9-10,13,15-17,26H,1-8,11-12H2. The number of aliphatic hydroxyl groups excluding tert-OH is 1. The molecule has 3 aliphatic rings. The average Bonchev–Trinajstić information content (AvgIpc) is 3.34. The maximum absolute atomic E-state index is 12.9. The van der Waals surface area contributed by atoms with E-state index in [2.05, 4.69) is 19.4 Å². The Balaban J connectivity index is 1.27. The van der Waals surface area contributed by atoms with Crippen molar-refractivity contribution in [2.45, 2.75) is 56.7 Å². The number of aromatic nitrogens is 3. The lowest BCUT2D eigenvalue weighted by atomic mass is 9.98. The maximum atomic E-state index is 12.9. The van der Waals surface area contributed by atoms with Crippen molar-refractivity contribution in [1.82, 2.24) is 24.3 Å². The first-order valence-electron chi connectivity index (χ1n) is 10.2. The van der Waals surface area contributed by atoms with Crippen LogP contribution in [0.25, 0.3) is 11.2 Å². The van der Waals surface area contributed by atoms with Crippen LogP contribution < -0.4 is 0 Å². The number of aliphatic hydroxyl groups is 1. The Morgan fingerprint density at radius 2 is 1.78 bits per heavy atom. The zero-order valence-corrected chi connectivity index (χ0v) is 15.6. The molecule has 0 atom stereocenters.